The lowest BCUT2D eigenvalue weighted by atomic mass is 9.95. The van der Waals surface area contributed by atoms with Crippen LogP contribution in [0.25, 0.3) is 0 Å². The summed E-state index contributed by atoms with van der Waals surface area (Å²) < 4.78 is 11.5. The minimum atomic E-state index is -0.988. The first kappa shape index (κ1) is 26.4. The lowest BCUT2D eigenvalue weighted by molar-refractivity contribution is -0.128. The van der Waals surface area contributed by atoms with Gasteiger partial charge < -0.3 is 19.7 Å². The highest BCUT2D eigenvalue weighted by molar-refractivity contribution is 5.99. The fourth-order valence-corrected chi connectivity index (χ4v) is 5.29. The molecule has 5 rings (SSSR count). The van der Waals surface area contributed by atoms with E-state index in [9.17, 15) is 14.4 Å². The number of carbonyl (C=O) groups is 3. The predicted molar refractivity (Wildman–Crippen MR) is 144 cm³/mol. The van der Waals surface area contributed by atoms with Crippen LogP contribution >= 0.6 is 0 Å². The fourth-order valence-electron chi connectivity index (χ4n) is 5.29. The topological polar surface area (TPSA) is 101 Å². The Labute approximate surface area is 227 Å². The van der Waals surface area contributed by atoms with Gasteiger partial charge in [0.05, 0.1) is 13.7 Å². The van der Waals surface area contributed by atoms with Gasteiger partial charge in [-0.25, -0.2) is 0 Å². The van der Waals surface area contributed by atoms with Crippen LogP contribution in [0, 0.1) is 6.92 Å². The summed E-state index contributed by atoms with van der Waals surface area (Å²) in [4.78, 5) is 48.0. The number of nitrogens with one attached hydrogen (secondary N) is 1. The van der Waals surface area contributed by atoms with Gasteiger partial charge in [-0.2, -0.15) is 0 Å². The van der Waals surface area contributed by atoms with Gasteiger partial charge in [0.1, 0.15) is 17.5 Å². The molecule has 1 aromatic heterocycles. The summed E-state index contributed by atoms with van der Waals surface area (Å²) in [7, 11) is 1.56. The van der Waals surface area contributed by atoms with E-state index in [2.05, 4.69) is 10.3 Å². The number of methoxy groups -OCH3 is 1. The molecule has 1 spiro atoms. The smallest absolute Gasteiger partial charge is 0.256 e. The molecule has 3 aromatic rings. The Morgan fingerprint density at radius 1 is 1.00 bits per heavy atom. The molecule has 202 valence electrons. The van der Waals surface area contributed by atoms with Gasteiger partial charge in [0.2, 0.25) is 5.91 Å². The lowest BCUT2D eigenvalue weighted by Crippen LogP contribution is -2.59. The maximum atomic E-state index is 13.9. The molecule has 2 aliphatic rings. The standard InChI is InChI=1S/C30H32N4O5/c1-21-5-3-4-6-25(21)29(37)33-17-13-30(14-18-33)34(28(36)23-7-9-24(38-2)10-8-23)26(20-39-30)27(35)32-19-22-11-15-31-16-12-22/h3-12,15-16,26H,13-14,17-20H2,1-2H3,(H,32,35)/t26-/m1/s1. The van der Waals surface area contributed by atoms with E-state index >= 15 is 0 Å². The van der Waals surface area contributed by atoms with Crippen LogP contribution in [-0.4, -0.2) is 71.1 Å². The van der Waals surface area contributed by atoms with E-state index in [-0.39, 0.29) is 24.3 Å². The lowest BCUT2D eigenvalue weighted by Gasteiger charge is -2.44. The number of rotatable bonds is 6. The number of aromatic nitrogens is 1. The van der Waals surface area contributed by atoms with Crippen molar-refractivity contribution >= 4 is 17.7 Å². The summed E-state index contributed by atoms with van der Waals surface area (Å²) in [5, 5.41) is 2.95. The van der Waals surface area contributed by atoms with Crippen molar-refractivity contribution in [2.75, 3.05) is 26.8 Å². The van der Waals surface area contributed by atoms with E-state index in [0.717, 1.165) is 11.1 Å². The Balaban J connectivity index is 1.37. The molecular formula is C30H32N4O5. The second kappa shape index (κ2) is 11.2. The van der Waals surface area contributed by atoms with E-state index in [0.29, 0.717) is 49.4 Å². The Kier molecular flexibility index (Phi) is 7.60. The molecule has 3 heterocycles. The molecule has 0 unspecified atom stereocenters. The largest absolute Gasteiger partial charge is 0.497 e. The van der Waals surface area contributed by atoms with E-state index in [1.807, 2.05) is 43.3 Å². The van der Waals surface area contributed by atoms with Crippen LogP contribution in [0.15, 0.2) is 73.1 Å². The third-order valence-corrected chi connectivity index (χ3v) is 7.54. The molecule has 9 heteroatoms. The first-order valence-corrected chi connectivity index (χ1v) is 13.0. The van der Waals surface area contributed by atoms with Crippen molar-refractivity contribution in [1.29, 1.82) is 0 Å². The van der Waals surface area contributed by atoms with Crippen LogP contribution in [-0.2, 0) is 16.1 Å². The van der Waals surface area contributed by atoms with Crippen molar-refractivity contribution < 1.29 is 23.9 Å². The summed E-state index contributed by atoms with van der Waals surface area (Å²) >= 11 is 0. The number of benzene rings is 2. The van der Waals surface area contributed by atoms with Gasteiger partial charge >= 0.3 is 0 Å². The molecule has 2 aliphatic heterocycles. The molecule has 1 N–H and O–H groups in total. The molecule has 9 nitrogen and oxygen atoms in total. The summed E-state index contributed by atoms with van der Waals surface area (Å²) in [6, 6.07) is 17.2. The molecule has 0 aliphatic carbocycles. The molecule has 3 amide bonds. The van der Waals surface area contributed by atoms with Gasteiger partial charge in [0.15, 0.2) is 0 Å². The van der Waals surface area contributed by atoms with Crippen LogP contribution in [0.5, 0.6) is 5.75 Å². The summed E-state index contributed by atoms with van der Waals surface area (Å²) in [6.07, 6.45) is 4.14. The van der Waals surface area contributed by atoms with E-state index in [1.165, 1.54) is 0 Å². The van der Waals surface area contributed by atoms with Crippen molar-refractivity contribution in [2.24, 2.45) is 0 Å². The highest BCUT2D eigenvalue weighted by Crippen LogP contribution is 2.39. The zero-order valence-electron chi connectivity index (χ0n) is 22.1. The first-order chi connectivity index (χ1) is 18.9. The van der Waals surface area contributed by atoms with Gasteiger partial charge in [-0.05, 0) is 60.5 Å². The average Bonchev–Trinajstić information content (AvgIpc) is 3.34. The van der Waals surface area contributed by atoms with Gasteiger partial charge in [-0.15, -0.1) is 0 Å². The second-order valence-electron chi connectivity index (χ2n) is 9.86. The number of carbonyl (C=O) groups excluding carboxylic acids is 3. The monoisotopic (exact) mass is 528 g/mol. The van der Waals surface area contributed by atoms with Gasteiger partial charge in [-0.1, -0.05) is 18.2 Å². The van der Waals surface area contributed by atoms with Crippen LogP contribution in [0.4, 0.5) is 0 Å². The predicted octanol–water partition coefficient (Wildman–Crippen LogP) is 3.19. The van der Waals surface area contributed by atoms with Crippen LogP contribution < -0.4 is 10.1 Å². The number of likely N-dealkylation sites (tertiary alicyclic amines) is 1. The van der Waals surface area contributed by atoms with Crippen molar-refractivity contribution in [3.05, 3.63) is 95.3 Å². The highest BCUT2D eigenvalue weighted by Gasteiger charge is 2.54. The Hall–Kier alpha value is -4.24. The quantitative estimate of drug-likeness (QED) is 0.528. The molecule has 1 atom stereocenters. The average molecular weight is 529 g/mol. The Bertz CT molecular complexity index is 1340. The van der Waals surface area contributed by atoms with Crippen molar-refractivity contribution in [3.8, 4) is 5.75 Å². The highest BCUT2D eigenvalue weighted by atomic mass is 16.5. The number of piperidine rings is 1. The molecule has 0 saturated carbocycles. The van der Waals surface area contributed by atoms with Gasteiger partial charge in [0.25, 0.3) is 11.8 Å². The molecule has 0 bridgehead atoms. The van der Waals surface area contributed by atoms with Crippen LogP contribution in [0.3, 0.4) is 0 Å². The number of hydrogen-bond donors (Lipinski definition) is 1. The minimum absolute atomic E-state index is 0.0411. The van der Waals surface area contributed by atoms with Gasteiger partial charge in [-0.3, -0.25) is 24.3 Å². The van der Waals surface area contributed by atoms with Gasteiger partial charge in [0, 0.05) is 56.0 Å². The van der Waals surface area contributed by atoms with Crippen molar-refractivity contribution in [3.63, 3.8) is 0 Å². The molecule has 2 fully saturated rings. The molecule has 0 radical (unpaired) electrons. The number of aryl methyl sites for hydroxylation is 1. The third-order valence-electron chi connectivity index (χ3n) is 7.54. The summed E-state index contributed by atoms with van der Waals surface area (Å²) in [6.45, 7) is 3.13. The third kappa shape index (κ3) is 5.35. The molecule has 2 aromatic carbocycles. The molecule has 2 saturated heterocycles. The number of nitrogens with zero attached hydrogens (tertiary/aromatic N) is 3. The second-order valence-corrected chi connectivity index (χ2v) is 9.86. The fraction of sp³-hybridized carbons (Fsp3) is 0.333. The Morgan fingerprint density at radius 3 is 2.36 bits per heavy atom. The zero-order chi connectivity index (χ0) is 27.4. The normalized spacial score (nSPS) is 18.2. The van der Waals surface area contributed by atoms with Crippen molar-refractivity contribution in [2.45, 2.75) is 38.1 Å². The van der Waals surface area contributed by atoms with E-state index < -0.39 is 11.8 Å². The number of ether oxygens (including phenoxy) is 2. The maximum absolute atomic E-state index is 13.9. The molecular weight excluding hydrogens is 496 g/mol. The SMILES string of the molecule is COc1ccc(C(=O)N2[C@@H](C(=O)NCc3ccncc3)COC23CCN(C(=O)c2ccccc2C)CC3)cc1. The minimum Gasteiger partial charge on any atom is -0.497 e. The van der Waals surface area contributed by atoms with E-state index in [1.54, 1.807) is 53.6 Å². The van der Waals surface area contributed by atoms with Crippen molar-refractivity contribution in [1.82, 2.24) is 20.1 Å². The first-order valence-electron chi connectivity index (χ1n) is 13.0. The van der Waals surface area contributed by atoms with E-state index in [4.69, 9.17) is 9.47 Å². The summed E-state index contributed by atoms with van der Waals surface area (Å²) in [5.74, 6) is 0.0103. The molecule has 39 heavy (non-hydrogen) atoms. The van der Waals surface area contributed by atoms with Crippen LogP contribution in [0.2, 0.25) is 0 Å². The maximum Gasteiger partial charge on any atom is 0.256 e. The Morgan fingerprint density at radius 2 is 1.69 bits per heavy atom. The number of amides is 3. The number of hydrogen-bond acceptors (Lipinski definition) is 6. The summed E-state index contributed by atoms with van der Waals surface area (Å²) in [5.41, 5.74) is 1.94. The van der Waals surface area contributed by atoms with Crippen LogP contribution in [0.1, 0.15) is 44.7 Å². The zero-order valence-corrected chi connectivity index (χ0v) is 22.1. The number of pyridine rings is 1.